The number of carbonyl (C=O) groups is 2. The van der Waals surface area contributed by atoms with Gasteiger partial charge < -0.3 is 15.2 Å². The molecule has 0 aromatic rings. The third-order valence-electron chi connectivity index (χ3n) is 3.09. The molecule has 2 rings (SSSR count). The van der Waals surface area contributed by atoms with Gasteiger partial charge in [0.25, 0.3) is 0 Å². The number of nitrogens with one attached hydrogen (secondary N) is 1. The standard InChI is InChI=1S/C10H15NO4S/c12-8(7-1-3-15-5-7)11-10(9(13)14)2-4-16-6-10/h7H,1-6H2,(H,11,12)(H,13,14). The van der Waals surface area contributed by atoms with Crippen molar-refractivity contribution >= 4 is 23.6 Å². The van der Waals surface area contributed by atoms with Gasteiger partial charge in [-0.3, -0.25) is 4.79 Å². The third kappa shape index (κ3) is 2.17. The minimum Gasteiger partial charge on any atom is -0.479 e. The van der Waals surface area contributed by atoms with Crippen LogP contribution in [0.3, 0.4) is 0 Å². The molecular formula is C10H15NO4S. The zero-order valence-corrected chi connectivity index (χ0v) is 9.72. The molecule has 5 nitrogen and oxygen atoms in total. The number of carboxylic acids is 1. The summed E-state index contributed by atoms with van der Waals surface area (Å²) in [4.78, 5) is 23.1. The summed E-state index contributed by atoms with van der Waals surface area (Å²) < 4.78 is 5.12. The van der Waals surface area contributed by atoms with E-state index in [9.17, 15) is 14.7 Å². The van der Waals surface area contributed by atoms with Crippen molar-refractivity contribution in [3.8, 4) is 0 Å². The van der Waals surface area contributed by atoms with E-state index >= 15 is 0 Å². The van der Waals surface area contributed by atoms with Crippen LogP contribution in [-0.2, 0) is 14.3 Å². The maximum Gasteiger partial charge on any atom is 0.330 e. The molecule has 90 valence electrons. The largest absolute Gasteiger partial charge is 0.479 e. The van der Waals surface area contributed by atoms with Crippen molar-refractivity contribution in [2.75, 3.05) is 24.7 Å². The van der Waals surface area contributed by atoms with Crippen LogP contribution in [0, 0.1) is 5.92 Å². The van der Waals surface area contributed by atoms with Crippen molar-refractivity contribution in [2.45, 2.75) is 18.4 Å². The average Bonchev–Trinajstić information content (AvgIpc) is 2.88. The molecule has 6 heteroatoms. The third-order valence-corrected chi connectivity index (χ3v) is 4.28. The van der Waals surface area contributed by atoms with E-state index in [1.807, 2.05) is 0 Å². The van der Waals surface area contributed by atoms with E-state index in [1.165, 1.54) is 0 Å². The number of amides is 1. The van der Waals surface area contributed by atoms with Gasteiger partial charge in [-0.1, -0.05) is 0 Å². The monoisotopic (exact) mass is 245 g/mol. The van der Waals surface area contributed by atoms with Crippen molar-refractivity contribution in [3.63, 3.8) is 0 Å². The van der Waals surface area contributed by atoms with Gasteiger partial charge in [0.2, 0.25) is 5.91 Å². The summed E-state index contributed by atoms with van der Waals surface area (Å²) in [6, 6.07) is 0. The lowest BCUT2D eigenvalue weighted by molar-refractivity contribution is -0.147. The SMILES string of the molecule is O=C(NC1(C(=O)O)CCSC1)C1CCOC1. The Labute approximate surface area is 97.9 Å². The Hall–Kier alpha value is -0.750. The minimum atomic E-state index is -1.05. The zero-order chi connectivity index (χ0) is 11.6. The van der Waals surface area contributed by atoms with Crippen molar-refractivity contribution < 1.29 is 19.4 Å². The molecule has 2 aliphatic rings. The molecule has 16 heavy (non-hydrogen) atoms. The highest BCUT2D eigenvalue weighted by Crippen LogP contribution is 2.29. The van der Waals surface area contributed by atoms with Gasteiger partial charge in [-0.15, -0.1) is 0 Å². The smallest absolute Gasteiger partial charge is 0.330 e. The van der Waals surface area contributed by atoms with Crippen LogP contribution in [0.1, 0.15) is 12.8 Å². The van der Waals surface area contributed by atoms with Gasteiger partial charge in [-0.25, -0.2) is 4.79 Å². The Kier molecular flexibility index (Phi) is 3.39. The number of thioether (sulfide) groups is 1. The zero-order valence-electron chi connectivity index (χ0n) is 8.90. The topological polar surface area (TPSA) is 75.6 Å². The van der Waals surface area contributed by atoms with Gasteiger partial charge in [0, 0.05) is 12.4 Å². The highest BCUT2D eigenvalue weighted by Gasteiger charge is 2.44. The second-order valence-corrected chi connectivity index (χ2v) is 5.34. The molecule has 2 N–H and O–H groups in total. The number of carbonyl (C=O) groups excluding carboxylic acids is 1. The van der Waals surface area contributed by atoms with E-state index in [0.29, 0.717) is 31.8 Å². The van der Waals surface area contributed by atoms with Gasteiger partial charge in [0.05, 0.1) is 12.5 Å². The molecule has 0 saturated carbocycles. The number of aliphatic carboxylic acids is 1. The molecule has 0 aliphatic carbocycles. The first kappa shape index (κ1) is 11.7. The van der Waals surface area contributed by atoms with Crippen LogP contribution in [0.15, 0.2) is 0 Å². The molecule has 1 amide bonds. The summed E-state index contributed by atoms with van der Waals surface area (Å²) in [6.45, 7) is 1.00. The van der Waals surface area contributed by atoms with Gasteiger partial charge in [-0.05, 0) is 18.6 Å². The molecule has 0 aromatic heterocycles. The van der Waals surface area contributed by atoms with Crippen molar-refractivity contribution in [3.05, 3.63) is 0 Å². The first-order valence-corrected chi connectivity index (χ1v) is 6.50. The molecule has 2 unspecified atom stereocenters. The van der Waals surface area contributed by atoms with Gasteiger partial charge >= 0.3 is 5.97 Å². The summed E-state index contributed by atoms with van der Waals surface area (Å²) in [6.07, 6.45) is 1.20. The molecular weight excluding hydrogens is 230 g/mol. The number of hydrogen-bond acceptors (Lipinski definition) is 4. The van der Waals surface area contributed by atoms with Crippen LogP contribution < -0.4 is 5.32 Å². The first-order chi connectivity index (χ1) is 7.64. The van der Waals surface area contributed by atoms with Crippen LogP contribution in [0.2, 0.25) is 0 Å². The Balaban J connectivity index is 2.00. The Bertz CT molecular complexity index is 295. The van der Waals surface area contributed by atoms with E-state index in [-0.39, 0.29) is 11.8 Å². The number of carboxylic acid groups (broad SMARTS) is 1. The molecule has 2 fully saturated rings. The lowest BCUT2D eigenvalue weighted by atomic mass is 9.97. The number of rotatable bonds is 3. The van der Waals surface area contributed by atoms with Crippen LogP contribution >= 0.6 is 11.8 Å². The Morgan fingerprint density at radius 3 is 2.81 bits per heavy atom. The second kappa shape index (κ2) is 4.63. The van der Waals surface area contributed by atoms with Crippen LogP contribution in [0.4, 0.5) is 0 Å². The molecule has 0 bridgehead atoms. The van der Waals surface area contributed by atoms with E-state index < -0.39 is 11.5 Å². The Morgan fingerprint density at radius 1 is 1.50 bits per heavy atom. The summed E-state index contributed by atoms with van der Waals surface area (Å²) in [5.41, 5.74) is -1.05. The summed E-state index contributed by atoms with van der Waals surface area (Å²) >= 11 is 1.57. The molecule has 2 aliphatic heterocycles. The van der Waals surface area contributed by atoms with Gasteiger partial charge in [0.1, 0.15) is 5.54 Å². The summed E-state index contributed by atoms with van der Waals surface area (Å²) in [5.74, 6) is -0.0379. The van der Waals surface area contributed by atoms with Crippen LogP contribution in [0.5, 0.6) is 0 Å². The normalized spacial score (nSPS) is 33.9. The predicted molar refractivity (Wildman–Crippen MR) is 59.4 cm³/mol. The molecule has 2 atom stereocenters. The highest BCUT2D eigenvalue weighted by molar-refractivity contribution is 7.99. The highest BCUT2D eigenvalue weighted by atomic mass is 32.2. The maximum absolute atomic E-state index is 11.8. The van der Waals surface area contributed by atoms with Gasteiger partial charge in [0.15, 0.2) is 0 Å². The first-order valence-electron chi connectivity index (χ1n) is 5.35. The quantitative estimate of drug-likeness (QED) is 0.737. The lowest BCUT2D eigenvalue weighted by Gasteiger charge is -2.25. The fraction of sp³-hybridized carbons (Fsp3) is 0.800. The van der Waals surface area contributed by atoms with Crippen LogP contribution in [0.25, 0.3) is 0 Å². The van der Waals surface area contributed by atoms with Gasteiger partial charge in [-0.2, -0.15) is 11.8 Å². The molecule has 0 radical (unpaired) electrons. The van der Waals surface area contributed by atoms with Crippen molar-refractivity contribution in [2.24, 2.45) is 5.92 Å². The summed E-state index contributed by atoms with van der Waals surface area (Å²) in [5, 5.41) is 11.9. The Morgan fingerprint density at radius 2 is 2.31 bits per heavy atom. The van der Waals surface area contributed by atoms with E-state index in [0.717, 1.165) is 5.75 Å². The van der Waals surface area contributed by atoms with E-state index in [4.69, 9.17) is 4.74 Å². The minimum absolute atomic E-state index is 0.178. The lowest BCUT2D eigenvalue weighted by Crippen LogP contribution is -2.56. The average molecular weight is 245 g/mol. The van der Waals surface area contributed by atoms with E-state index in [1.54, 1.807) is 11.8 Å². The molecule has 0 aromatic carbocycles. The second-order valence-electron chi connectivity index (χ2n) is 4.24. The fourth-order valence-electron chi connectivity index (χ4n) is 1.96. The van der Waals surface area contributed by atoms with Crippen LogP contribution in [-0.4, -0.2) is 47.2 Å². The molecule has 2 heterocycles. The van der Waals surface area contributed by atoms with Crippen molar-refractivity contribution in [1.82, 2.24) is 5.32 Å². The predicted octanol–water partition coefficient (Wildman–Crippen LogP) is 0.0994. The number of ether oxygens (including phenoxy) is 1. The van der Waals surface area contributed by atoms with Crippen molar-refractivity contribution in [1.29, 1.82) is 0 Å². The maximum atomic E-state index is 11.8. The molecule has 2 saturated heterocycles. The van der Waals surface area contributed by atoms with E-state index in [2.05, 4.69) is 5.32 Å². The fourth-order valence-corrected chi connectivity index (χ4v) is 3.29. The summed E-state index contributed by atoms with van der Waals surface area (Å²) in [7, 11) is 0. The number of hydrogen-bond donors (Lipinski definition) is 2. The molecule has 0 spiro atoms.